The van der Waals surface area contributed by atoms with Gasteiger partial charge in [-0.1, -0.05) is 13.8 Å². The van der Waals surface area contributed by atoms with Gasteiger partial charge >= 0.3 is 11.9 Å². The number of carboxylic acid groups (broad SMARTS) is 2. The summed E-state index contributed by atoms with van der Waals surface area (Å²) >= 11 is 0. The van der Waals surface area contributed by atoms with Crippen molar-refractivity contribution in [2.45, 2.75) is 139 Å². The highest BCUT2D eigenvalue weighted by molar-refractivity contribution is 5.98. The summed E-state index contributed by atoms with van der Waals surface area (Å²) in [6, 6.07) is -11.9. The van der Waals surface area contributed by atoms with Crippen molar-refractivity contribution < 1.29 is 68.4 Å². The lowest BCUT2D eigenvalue weighted by Gasteiger charge is -2.31. The van der Waals surface area contributed by atoms with Gasteiger partial charge in [-0.25, -0.2) is 4.79 Å². The molecule has 1 rings (SSSR count). The van der Waals surface area contributed by atoms with E-state index in [2.05, 4.69) is 41.9 Å². The first kappa shape index (κ1) is 59.1. The van der Waals surface area contributed by atoms with Crippen LogP contribution in [0.25, 0.3) is 0 Å². The summed E-state index contributed by atoms with van der Waals surface area (Å²) in [5, 5.41) is 52.9. The van der Waals surface area contributed by atoms with Crippen LogP contribution in [0.5, 0.6) is 0 Å². The summed E-state index contributed by atoms with van der Waals surface area (Å²) in [5.74, 6) is -11.5. The number of carbonyl (C=O) groups is 10. The number of hydrogen-bond donors (Lipinski definition) is 16. The Kier molecular flexibility index (Phi) is 25.8. The summed E-state index contributed by atoms with van der Waals surface area (Å²) in [4.78, 5) is 139. The second-order valence-corrected chi connectivity index (χ2v) is 16.3. The summed E-state index contributed by atoms with van der Waals surface area (Å²) in [6.45, 7) is 3.38. The van der Waals surface area contributed by atoms with Crippen LogP contribution < -0.4 is 66.3 Å². The fourth-order valence-electron chi connectivity index (χ4n) is 6.66. The molecule has 1 heterocycles. The van der Waals surface area contributed by atoms with Gasteiger partial charge in [-0.3, -0.25) is 53.1 Å². The number of nitrogens with two attached hydrogens (primary N) is 6. The summed E-state index contributed by atoms with van der Waals surface area (Å²) < 4.78 is 0. The van der Waals surface area contributed by atoms with Crippen molar-refractivity contribution in [2.24, 2.45) is 50.3 Å². The predicted molar refractivity (Wildman–Crippen MR) is 241 cm³/mol. The van der Waals surface area contributed by atoms with Crippen LogP contribution in [0.2, 0.25) is 0 Å². The standard InChI is InChI=1S/C39H69N15O14/c1-18(2)29(53-31(61)20(10-12-26(40)57)48-32(62)24(17-55)52-30(60)21(11-13-27(58)59)49-34(64)28(41)19(3)56)35(65)50-22(7-4-14-46-38(42)43)36(66)54-16-6-9-25(54)33(63)51-23(37(67)68)8-5-15-47-39(44)45/h18-25,28-29,55-56H,4-17,41H2,1-3H3,(H2,40,57)(H,48,62)(H,49,64)(H,50,65)(H,51,63)(H,52,60)(H,53,61)(H,58,59)(H,67,68)(H4,42,43,46)(H4,44,45,47). The molecule has 9 unspecified atom stereocenters. The third-order valence-electron chi connectivity index (χ3n) is 10.4. The quantitative estimate of drug-likeness (QED) is 0.0174. The van der Waals surface area contributed by atoms with E-state index in [0.717, 1.165) is 0 Å². The Hall–Kier alpha value is -6.88. The lowest BCUT2D eigenvalue weighted by atomic mass is 10.0. The average molecular weight is 972 g/mol. The van der Waals surface area contributed by atoms with Crippen LogP contribution in [0.4, 0.5) is 0 Å². The normalized spacial score (nSPS) is 16.8. The number of nitrogens with zero attached hydrogens (tertiary/aromatic N) is 3. The van der Waals surface area contributed by atoms with Gasteiger partial charge in [0.1, 0.15) is 48.3 Å². The van der Waals surface area contributed by atoms with Crippen LogP contribution in [0.3, 0.4) is 0 Å². The molecule has 1 fully saturated rings. The number of rotatable bonds is 31. The van der Waals surface area contributed by atoms with Crippen molar-refractivity contribution in [1.29, 1.82) is 0 Å². The van der Waals surface area contributed by atoms with Crippen molar-refractivity contribution in [3.8, 4) is 0 Å². The molecule has 0 spiro atoms. The summed E-state index contributed by atoms with van der Waals surface area (Å²) in [7, 11) is 0. The van der Waals surface area contributed by atoms with E-state index in [0.29, 0.717) is 6.42 Å². The van der Waals surface area contributed by atoms with Gasteiger partial charge in [0.15, 0.2) is 11.9 Å². The molecule has 0 aromatic heterocycles. The van der Waals surface area contributed by atoms with Gasteiger partial charge in [0.2, 0.25) is 47.3 Å². The van der Waals surface area contributed by atoms with E-state index in [1.165, 1.54) is 11.8 Å². The molecule has 0 aromatic rings. The number of primary amides is 1. The lowest BCUT2D eigenvalue weighted by molar-refractivity contribution is -0.145. The fourth-order valence-corrected chi connectivity index (χ4v) is 6.66. The molecule has 22 N–H and O–H groups in total. The molecule has 0 saturated carbocycles. The molecule has 9 atom stereocenters. The number of hydrogen-bond acceptors (Lipinski definition) is 15. The summed E-state index contributed by atoms with van der Waals surface area (Å²) in [5.41, 5.74) is 32.5. The highest BCUT2D eigenvalue weighted by Gasteiger charge is 2.40. The van der Waals surface area contributed by atoms with Crippen LogP contribution in [0.15, 0.2) is 9.98 Å². The van der Waals surface area contributed by atoms with Crippen LogP contribution in [0, 0.1) is 5.92 Å². The minimum absolute atomic E-state index is 0.0295. The van der Waals surface area contributed by atoms with Gasteiger partial charge in [-0.15, -0.1) is 0 Å². The molecule has 1 aliphatic heterocycles. The molecule has 0 aromatic carbocycles. The second-order valence-electron chi connectivity index (χ2n) is 16.3. The van der Waals surface area contributed by atoms with Gasteiger partial charge < -0.3 is 91.6 Å². The minimum Gasteiger partial charge on any atom is -0.481 e. The Balaban J connectivity index is 3.37. The molecule has 0 radical (unpaired) electrons. The van der Waals surface area contributed by atoms with Crippen LogP contribution in [-0.2, 0) is 47.9 Å². The van der Waals surface area contributed by atoms with Crippen LogP contribution in [-0.4, -0.2) is 177 Å². The first-order valence-electron chi connectivity index (χ1n) is 21.8. The molecule has 1 saturated heterocycles. The Morgan fingerprint density at radius 1 is 0.632 bits per heavy atom. The van der Waals surface area contributed by atoms with Gasteiger partial charge in [-0.05, 0) is 64.2 Å². The maximum atomic E-state index is 14.2. The van der Waals surface area contributed by atoms with Crippen molar-refractivity contribution >= 4 is 71.1 Å². The van der Waals surface area contributed by atoms with E-state index >= 15 is 0 Å². The summed E-state index contributed by atoms with van der Waals surface area (Å²) in [6.07, 6.45) is -2.69. The van der Waals surface area contributed by atoms with Crippen molar-refractivity contribution in [3.63, 3.8) is 0 Å². The van der Waals surface area contributed by atoms with E-state index in [1.807, 2.05) is 0 Å². The smallest absolute Gasteiger partial charge is 0.326 e. The largest absolute Gasteiger partial charge is 0.481 e. The number of amides is 8. The first-order chi connectivity index (χ1) is 31.8. The SMILES string of the molecule is CC(C)C(NC(=O)C(CCC(N)=O)NC(=O)C(CO)NC(=O)C(CCC(=O)O)NC(=O)C(N)C(C)O)C(=O)NC(CCCN=C(N)N)C(=O)N1CCCC1C(=O)NC(CCCN=C(N)N)C(=O)O. The Labute approximate surface area is 391 Å². The third-order valence-corrected chi connectivity index (χ3v) is 10.4. The average Bonchev–Trinajstić information content (AvgIpc) is 3.75. The molecule has 29 nitrogen and oxygen atoms in total. The van der Waals surface area contributed by atoms with E-state index in [1.54, 1.807) is 13.8 Å². The molecular weight excluding hydrogens is 903 g/mol. The zero-order chi connectivity index (χ0) is 51.8. The topological polar surface area (TPSA) is 508 Å². The molecule has 29 heteroatoms. The van der Waals surface area contributed by atoms with Crippen molar-refractivity contribution in [3.05, 3.63) is 0 Å². The van der Waals surface area contributed by atoms with E-state index in [4.69, 9.17) is 39.5 Å². The molecular formula is C39H69N15O14. The van der Waals surface area contributed by atoms with E-state index in [9.17, 15) is 63.3 Å². The minimum atomic E-state index is -1.83. The third kappa shape index (κ3) is 21.2. The highest BCUT2D eigenvalue weighted by Crippen LogP contribution is 2.21. The maximum Gasteiger partial charge on any atom is 0.326 e. The fraction of sp³-hybridized carbons (Fsp3) is 0.692. The first-order valence-corrected chi connectivity index (χ1v) is 21.8. The molecule has 68 heavy (non-hydrogen) atoms. The Bertz CT molecular complexity index is 1840. The molecule has 0 bridgehead atoms. The Morgan fingerprint density at radius 3 is 1.60 bits per heavy atom. The number of carboxylic acids is 2. The molecule has 1 aliphatic rings. The zero-order valence-corrected chi connectivity index (χ0v) is 38.4. The van der Waals surface area contributed by atoms with Gasteiger partial charge in [0.25, 0.3) is 0 Å². The molecule has 384 valence electrons. The number of nitrogens with one attached hydrogen (secondary N) is 6. The monoisotopic (exact) mass is 972 g/mol. The zero-order valence-electron chi connectivity index (χ0n) is 38.4. The van der Waals surface area contributed by atoms with Gasteiger partial charge in [-0.2, -0.15) is 0 Å². The number of guanidine groups is 2. The van der Waals surface area contributed by atoms with E-state index in [-0.39, 0.29) is 63.7 Å². The van der Waals surface area contributed by atoms with Crippen molar-refractivity contribution in [1.82, 2.24) is 36.8 Å². The number of likely N-dealkylation sites (tertiary alicyclic amines) is 1. The highest BCUT2D eigenvalue weighted by atomic mass is 16.4. The number of aliphatic carboxylic acids is 2. The maximum absolute atomic E-state index is 14.2. The van der Waals surface area contributed by atoms with Crippen molar-refractivity contribution in [2.75, 3.05) is 26.2 Å². The van der Waals surface area contributed by atoms with Crippen LogP contribution in [0.1, 0.15) is 85.0 Å². The number of aliphatic imine (C=N–C) groups is 2. The number of aliphatic hydroxyl groups excluding tert-OH is 2. The van der Waals surface area contributed by atoms with Crippen LogP contribution >= 0.6 is 0 Å². The molecule has 0 aliphatic carbocycles. The number of aliphatic hydroxyl groups is 2. The number of carbonyl (C=O) groups excluding carboxylic acids is 8. The van der Waals surface area contributed by atoms with Gasteiger partial charge in [0, 0.05) is 32.5 Å². The lowest BCUT2D eigenvalue weighted by Crippen LogP contribution is -2.61. The molecule has 8 amide bonds. The van der Waals surface area contributed by atoms with Gasteiger partial charge in [0.05, 0.1) is 12.7 Å². The second kappa shape index (κ2) is 29.7. The van der Waals surface area contributed by atoms with E-state index < -0.39 is 152 Å². The predicted octanol–water partition coefficient (Wildman–Crippen LogP) is -7.44. The Morgan fingerprint density at radius 2 is 1.12 bits per heavy atom.